The van der Waals surface area contributed by atoms with Gasteiger partial charge >= 0.3 is 5.97 Å². The first-order valence-electron chi connectivity index (χ1n) is 6.28. The normalized spacial score (nSPS) is 16.4. The number of rotatable bonds is 3. The molecule has 1 aliphatic heterocycles. The van der Waals surface area contributed by atoms with E-state index in [4.69, 9.17) is 5.11 Å². The molecule has 0 saturated carbocycles. The molecule has 19 heavy (non-hydrogen) atoms. The lowest BCUT2D eigenvalue weighted by molar-refractivity contribution is -0.147. The lowest BCUT2D eigenvalue weighted by Crippen LogP contribution is -2.49. The molecule has 98 valence electrons. The number of benzene rings is 2. The summed E-state index contributed by atoms with van der Waals surface area (Å²) in [5, 5.41) is 20.3. The van der Waals surface area contributed by atoms with Crippen LogP contribution >= 0.6 is 0 Å². The molecule has 0 atom stereocenters. The summed E-state index contributed by atoms with van der Waals surface area (Å²) in [7, 11) is 0. The third-order valence-electron chi connectivity index (χ3n) is 3.60. The molecule has 0 spiro atoms. The highest BCUT2D eigenvalue weighted by Crippen LogP contribution is 2.23. The van der Waals surface area contributed by atoms with Gasteiger partial charge in [0.25, 0.3) is 0 Å². The number of nitrogens with zero attached hydrogens (tertiary/aromatic N) is 1. The molecule has 1 aliphatic rings. The van der Waals surface area contributed by atoms with E-state index in [0.717, 1.165) is 17.3 Å². The Morgan fingerprint density at radius 3 is 2.58 bits per heavy atom. The van der Waals surface area contributed by atoms with Gasteiger partial charge in [0.15, 0.2) is 0 Å². The molecule has 1 fully saturated rings. The van der Waals surface area contributed by atoms with Gasteiger partial charge < -0.3 is 10.2 Å². The largest absolute Gasteiger partial charge is 0.508 e. The van der Waals surface area contributed by atoms with Gasteiger partial charge in [-0.05, 0) is 34.5 Å². The monoisotopic (exact) mass is 257 g/mol. The van der Waals surface area contributed by atoms with Crippen LogP contribution in [0.15, 0.2) is 36.4 Å². The van der Waals surface area contributed by atoms with Crippen molar-refractivity contribution in [2.24, 2.45) is 5.92 Å². The fraction of sp³-hybridized carbons (Fsp3) is 0.267. The number of phenols is 1. The molecule has 0 aromatic heterocycles. The molecule has 1 saturated heterocycles. The Hall–Kier alpha value is -2.07. The van der Waals surface area contributed by atoms with Gasteiger partial charge in [-0.2, -0.15) is 0 Å². The SMILES string of the molecule is O=C(O)C1CN(Cc2ccc3cc(O)ccc3c2)C1. The standard InChI is InChI=1S/C15H15NO3/c17-14-4-3-11-5-10(1-2-12(11)6-14)7-16-8-13(9-16)15(18)19/h1-6,13,17H,7-9H2,(H,18,19). The third-order valence-corrected chi connectivity index (χ3v) is 3.60. The summed E-state index contributed by atoms with van der Waals surface area (Å²) in [6, 6.07) is 11.4. The van der Waals surface area contributed by atoms with E-state index >= 15 is 0 Å². The van der Waals surface area contributed by atoms with Crippen LogP contribution in [0.1, 0.15) is 5.56 Å². The predicted molar refractivity (Wildman–Crippen MR) is 72.0 cm³/mol. The van der Waals surface area contributed by atoms with Crippen LogP contribution in [0.5, 0.6) is 5.75 Å². The molecule has 0 unspecified atom stereocenters. The minimum atomic E-state index is -0.703. The van der Waals surface area contributed by atoms with Crippen molar-refractivity contribution in [2.45, 2.75) is 6.54 Å². The summed E-state index contributed by atoms with van der Waals surface area (Å²) in [6.07, 6.45) is 0. The third kappa shape index (κ3) is 2.39. The molecule has 2 aromatic carbocycles. The molecule has 2 N–H and O–H groups in total. The second kappa shape index (κ2) is 4.55. The summed E-state index contributed by atoms with van der Waals surface area (Å²) in [5.41, 5.74) is 1.17. The minimum absolute atomic E-state index is 0.211. The molecule has 0 radical (unpaired) electrons. The van der Waals surface area contributed by atoms with Gasteiger partial charge in [0, 0.05) is 19.6 Å². The van der Waals surface area contributed by atoms with Crippen LogP contribution in [-0.2, 0) is 11.3 Å². The van der Waals surface area contributed by atoms with Crippen molar-refractivity contribution in [3.8, 4) is 5.75 Å². The van der Waals surface area contributed by atoms with Crippen LogP contribution in [-0.4, -0.2) is 34.2 Å². The summed E-state index contributed by atoms with van der Waals surface area (Å²) < 4.78 is 0. The predicted octanol–water partition coefficient (Wildman–Crippen LogP) is 2.06. The van der Waals surface area contributed by atoms with Crippen LogP contribution in [0.2, 0.25) is 0 Å². The average Bonchev–Trinajstić information content (AvgIpc) is 2.32. The zero-order chi connectivity index (χ0) is 13.4. The van der Waals surface area contributed by atoms with Crippen LogP contribution in [0.4, 0.5) is 0 Å². The van der Waals surface area contributed by atoms with E-state index in [0.29, 0.717) is 13.1 Å². The molecule has 1 heterocycles. The Morgan fingerprint density at radius 1 is 1.16 bits per heavy atom. The smallest absolute Gasteiger partial charge is 0.309 e. The van der Waals surface area contributed by atoms with Gasteiger partial charge in [-0.3, -0.25) is 9.69 Å². The molecule has 4 heteroatoms. The van der Waals surface area contributed by atoms with E-state index in [2.05, 4.69) is 11.0 Å². The van der Waals surface area contributed by atoms with E-state index < -0.39 is 5.97 Å². The fourth-order valence-corrected chi connectivity index (χ4v) is 2.49. The summed E-state index contributed by atoms with van der Waals surface area (Å²) in [5.74, 6) is -0.644. The molecule has 0 bridgehead atoms. The molecule has 3 rings (SSSR count). The van der Waals surface area contributed by atoms with E-state index in [1.54, 1.807) is 12.1 Å². The second-order valence-electron chi connectivity index (χ2n) is 5.10. The number of carboxylic acids is 1. The molecular weight excluding hydrogens is 242 g/mol. The van der Waals surface area contributed by atoms with Crippen molar-refractivity contribution in [3.63, 3.8) is 0 Å². The fourth-order valence-electron chi connectivity index (χ4n) is 2.49. The van der Waals surface area contributed by atoms with Gasteiger partial charge in [-0.25, -0.2) is 0 Å². The zero-order valence-corrected chi connectivity index (χ0v) is 10.4. The highest BCUT2D eigenvalue weighted by Gasteiger charge is 2.32. The maximum absolute atomic E-state index is 10.7. The Bertz CT molecular complexity index is 632. The minimum Gasteiger partial charge on any atom is -0.508 e. The van der Waals surface area contributed by atoms with Crippen molar-refractivity contribution in [1.82, 2.24) is 4.90 Å². The Balaban J connectivity index is 1.72. The molecule has 0 amide bonds. The van der Waals surface area contributed by atoms with Crippen LogP contribution in [0.3, 0.4) is 0 Å². The van der Waals surface area contributed by atoms with Crippen LogP contribution in [0.25, 0.3) is 10.8 Å². The zero-order valence-electron chi connectivity index (χ0n) is 10.4. The van der Waals surface area contributed by atoms with Gasteiger partial charge in [-0.15, -0.1) is 0 Å². The first-order valence-corrected chi connectivity index (χ1v) is 6.28. The summed E-state index contributed by atoms with van der Waals surface area (Å²) in [4.78, 5) is 12.9. The molecule has 0 aliphatic carbocycles. The van der Waals surface area contributed by atoms with Crippen molar-refractivity contribution in [1.29, 1.82) is 0 Å². The number of carbonyl (C=O) groups is 1. The quantitative estimate of drug-likeness (QED) is 0.883. The number of likely N-dealkylation sites (tertiary alicyclic amines) is 1. The second-order valence-corrected chi connectivity index (χ2v) is 5.10. The molecule has 4 nitrogen and oxygen atoms in total. The van der Waals surface area contributed by atoms with E-state index in [9.17, 15) is 9.90 Å². The van der Waals surface area contributed by atoms with Crippen LogP contribution < -0.4 is 0 Å². The number of phenolic OH excluding ortho intramolecular Hbond substituents is 1. The van der Waals surface area contributed by atoms with Gasteiger partial charge in [0.2, 0.25) is 0 Å². The topological polar surface area (TPSA) is 60.8 Å². The summed E-state index contributed by atoms with van der Waals surface area (Å²) in [6.45, 7) is 2.03. The maximum Gasteiger partial charge on any atom is 0.309 e. The molecule has 2 aromatic rings. The van der Waals surface area contributed by atoms with E-state index in [-0.39, 0.29) is 11.7 Å². The van der Waals surface area contributed by atoms with E-state index in [1.807, 2.05) is 18.2 Å². The van der Waals surface area contributed by atoms with Crippen molar-refractivity contribution in [3.05, 3.63) is 42.0 Å². The summed E-state index contributed by atoms with van der Waals surface area (Å²) >= 11 is 0. The Labute approximate surface area is 110 Å². The average molecular weight is 257 g/mol. The van der Waals surface area contributed by atoms with Crippen LogP contribution in [0, 0.1) is 5.92 Å². The van der Waals surface area contributed by atoms with Crippen molar-refractivity contribution >= 4 is 16.7 Å². The number of aromatic hydroxyl groups is 1. The van der Waals surface area contributed by atoms with Crippen molar-refractivity contribution in [2.75, 3.05) is 13.1 Å². The molecular formula is C15H15NO3. The first-order chi connectivity index (χ1) is 9.11. The lowest BCUT2D eigenvalue weighted by atomic mass is 9.99. The highest BCUT2D eigenvalue weighted by atomic mass is 16.4. The number of aliphatic carboxylic acids is 1. The highest BCUT2D eigenvalue weighted by molar-refractivity contribution is 5.84. The maximum atomic E-state index is 10.7. The van der Waals surface area contributed by atoms with Gasteiger partial charge in [0.1, 0.15) is 5.75 Å². The van der Waals surface area contributed by atoms with Crippen molar-refractivity contribution < 1.29 is 15.0 Å². The number of hydrogen-bond donors (Lipinski definition) is 2. The first kappa shape index (κ1) is 12.0. The lowest BCUT2D eigenvalue weighted by Gasteiger charge is -2.36. The van der Waals surface area contributed by atoms with Gasteiger partial charge in [0.05, 0.1) is 5.92 Å². The van der Waals surface area contributed by atoms with Gasteiger partial charge in [-0.1, -0.05) is 18.2 Å². The number of hydrogen-bond acceptors (Lipinski definition) is 3. The number of carboxylic acid groups (broad SMARTS) is 1. The Kier molecular flexibility index (Phi) is 2.87. The number of fused-ring (bicyclic) bond motifs is 1. The van der Waals surface area contributed by atoms with E-state index in [1.165, 1.54) is 5.56 Å². The Morgan fingerprint density at radius 2 is 1.84 bits per heavy atom.